The Bertz CT molecular complexity index is 862. The molecule has 0 saturated heterocycles. The third-order valence-corrected chi connectivity index (χ3v) is 4.52. The lowest BCUT2D eigenvalue weighted by molar-refractivity contribution is 0.102. The third kappa shape index (κ3) is 3.34. The molecule has 0 bridgehead atoms. The van der Waals surface area contributed by atoms with E-state index in [1.165, 1.54) is 12.3 Å². The Morgan fingerprint density at radius 2 is 2.17 bits per heavy atom. The molecule has 0 aliphatic rings. The van der Waals surface area contributed by atoms with Gasteiger partial charge in [-0.2, -0.15) is 0 Å². The topological polar surface area (TPSA) is 68.0 Å². The first-order chi connectivity index (χ1) is 11.6. The van der Waals surface area contributed by atoms with E-state index < -0.39 is 5.82 Å². The van der Waals surface area contributed by atoms with Crippen molar-refractivity contribution in [3.05, 3.63) is 71.1 Å². The summed E-state index contributed by atoms with van der Waals surface area (Å²) in [6, 6.07) is 10.5. The van der Waals surface area contributed by atoms with Crippen molar-refractivity contribution < 1.29 is 9.18 Å². The van der Waals surface area contributed by atoms with Gasteiger partial charge in [0.05, 0.1) is 11.9 Å². The summed E-state index contributed by atoms with van der Waals surface area (Å²) in [5.74, 6) is -0.953. The summed E-state index contributed by atoms with van der Waals surface area (Å²) in [7, 11) is 0. The Morgan fingerprint density at radius 1 is 1.33 bits per heavy atom. The number of hydrogen-bond acceptors (Lipinski definition) is 4. The molecule has 122 valence electrons. The Kier molecular flexibility index (Phi) is 4.69. The molecule has 6 heteroatoms. The average molecular weight is 341 g/mol. The first-order valence-electron chi connectivity index (χ1n) is 7.40. The van der Waals surface area contributed by atoms with Crippen LogP contribution in [0.1, 0.15) is 28.9 Å². The van der Waals surface area contributed by atoms with Crippen molar-refractivity contribution in [2.24, 2.45) is 5.73 Å². The van der Waals surface area contributed by atoms with Crippen LogP contribution in [0.25, 0.3) is 10.4 Å². The molecule has 3 rings (SSSR count). The lowest BCUT2D eigenvalue weighted by Gasteiger charge is -2.14. The molecule has 24 heavy (non-hydrogen) atoms. The molecular formula is C18H16FN3OS. The predicted molar refractivity (Wildman–Crippen MR) is 94.5 cm³/mol. The fourth-order valence-corrected chi connectivity index (χ4v) is 3.18. The van der Waals surface area contributed by atoms with Gasteiger partial charge in [0.2, 0.25) is 0 Å². The first-order valence-corrected chi connectivity index (χ1v) is 8.28. The number of aromatic nitrogens is 1. The van der Waals surface area contributed by atoms with Gasteiger partial charge in [0.25, 0.3) is 5.91 Å². The van der Waals surface area contributed by atoms with Crippen LogP contribution in [0, 0.1) is 5.82 Å². The highest BCUT2D eigenvalue weighted by atomic mass is 32.1. The molecule has 1 amide bonds. The summed E-state index contributed by atoms with van der Waals surface area (Å²) < 4.78 is 13.6. The second kappa shape index (κ2) is 6.90. The van der Waals surface area contributed by atoms with Crippen LogP contribution in [-0.2, 0) is 0 Å². The van der Waals surface area contributed by atoms with Gasteiger partial charge in [0.15, 0.2) is 5.82 Å². The van der Waals surface area contributed by atoms with Gasteiger partial charge in [0, 0.05) is 22.7 Å². The number of pyridine rings is 1. The fraction of sp³-hybridized carbons (Fsp3) is 0.111. The molecule has 2 heterocycles. The number of hydrogen-bond donors (Lipinski definition) is 2. The normalized spacial score (nSPS) is 12.0. The molecule has 4 nitrogen and oxygen atoms in total. The molecule has 2 aromatic heterocycles. The zero-order valence-corrected chi connectivity index (χ0v) is 13.8. The summed E-state index contributed by atoms with van der Waals surface area (Å²) >= 11 is 1.58. The minimum Gasteiger partial charge on any atom is -0.324 e. The Morgan fingerprint density at radius 3 is 2.83 bits per heavy atom. The fourth-order valence-electron chi connectivity index (χ4n) is 2.41. The molecule has 0 unspecified atom stereocenters. The Labute approximate surface area is 143 Å². The largest absolute Gasteiger partial charge is 0.324 e. The third-order valence-electron chi connectivity index (χ3n) is 3.61. The van der Waals surface area contributed by atoms with Gasteiger partial charge in [-0.25, -0.2) is 4.39 Å². The summed E-state index contributed by atoms with van der Waals surface area (Å²) in [4.78, 5) is 17.1. The van der Waals surface area contributed by atoms with E-state index in [1.54, 1.807) is 23.5 Å². The van der Waals surface area contributed by atoms with Crippen molar-refractivity contribution in [2.45, 2.75) is 13.0 Å². The van der Waals surface area contributed by atoms with E-state index in [0.717, 1.165) is 22.2 Å². The zero-order valence-electron chi connectivity index (χ0n) is 13.0. The van der Waals surface area contributed by atoms with E-state index in [1.807, 2.05) is 30.5 Å². The smallest absolute Gasteiger partial charge is 0.255 e. The zero-order chi connectivity index (χ0) is 17.1. The van der Waals surface area contributed by atoms with Crippen LogP contribution in [0.5, 0.6) is 0 Å². The van der Waals surface area contributed by atoms with Crippen molar-refractivity contribution in [3.8, 4) is 10.4 Å². The highest BCUT2D eigenvalue weighted by Gasteiger charge is 2.15. The molecule has 0 aliphatic carbocycles. The number of rotatable bonds is 4. The van der Waals surface area contributed by atoms with Crippen LogP contribution >= 0.6 is 11.3 Å². The van der Waals surface area contributed by atoms with Gasteiger partial charge in [0.1, 0.15) is 0 Å². The van der Waals surface area contributed by atoms with E-state index >= 15 is 0 Å². The van der Waals surface area contributed by atoms with E-state index in [0.29, 0.717) is 5.56 Å². The van der Waals surface area contributed by atoms with Gasteiger partial charge in [-0.1, -0.05) is 12.1 Å². The Balaban J connectivity index is 1.96. The van der Waals surface area contributed by atoms with Gasteiger partial charge >= 0.3 is 0 Å². The van der Waals surface area contributed by atoms with Crippen LogP contribution in [0.2, 0.25) is 0 Å². The number of nitrogens with one attached hydrogen (secondary N) is 1. The molecule has 3 N–H and O–H groups in total. The molecule has 0 spiro atoms. The number of nitrogens with zero attached hydrogens (tertiary/aromatic N) is 1. The number of benzene rings is 1. The van der Waals surface area contributed by atoms with E-state index in [9.17, 15) is 9.18 Å². The molecular weight excluding hydrogens is 325 g/mol. The van der Waals surface area contributed by atoms with Crippen LogP contribution < -0.4 is 11.1 Å². The predicted octanol–water partition coefficient (Wildman–Crippen LogP) is 4.22. The van der Waals surface area contributed by atoms with Gasteiger partial charge in [-0.3, -0.25) is 9.78 Å². The standard InChI is InChI=1S/C18H16FN3OS/c1-11(20)13-5-4-12(9-14(13)17-3-2-8-24-17)18(23)22-16-6-7-21-10-15(16)19/h2-11H,20H2,1H3,(H,21,22,23)/t11-/m0/s1. The number of anilines is 1. The van der Waals surface area contributed by atoms with Gasteiger partial charge < -0.3 is 11.1 Å². The summed E-state index contributed by atoms with van der Waals surface area (Å²) in [5.41, 5.74) is 8.46. The SMILES string of the molecule is C[C@H](N)c1ccc(C(=O)Nc2ccncc2F)cc1-c1cccs1. The van der Waals surface area contributed by atoms with E-state index in [-0.39, 0.29) is 17.6 Å². The van der Waals surface area contributed by atoms with Crippen LogP contribution in [0.3, 0.4) is 0 Å². The maximum absolute atomic E-state index is 13.6. The molecule has 3 aromatic rings. The van der Waals surface area contributed by atoms with Crippen molar-refractivity contribution in [2.75, 3.05) is 5.32 Å². The number of carbonyl (C=O) groups is 1. The van der Waals surface area contributed by atoms with Crippen LogP contribution in [0.4, 0.5) is 10.1 Å². The van der Waals surface area contributed by atoms with E-state index in [4.69, 9.17) is 5.73 Å². The lowest BCUT2D eigenvalue weighted by atomic mass is 9.98. The van der Waals surface area contributed by atoms with Gasteiger partial charge in [-0.15, -0.1) is 11.3 Å². The van der Waals surface area contributed by atoms with Crippen LogP contribution in [-0.4, -0.2) is 10.9 Å². The van der Waals surface area contributed by atoms with Crippen molar-refractivity contribution in [1.82, 2.24) is 4.98 Å². The maximum atomic E-state index is 13.6. The van der Waals surface area contributed by atoms with Crippen molar-refractivity contribution in [1.29, 1.82) is 0 Å². The second-order valence-corrected chi connectivity index (χ2v) is 6.33. The molecule has 1 aromatic carbocycles. The monoisotopic (exact) mass is 341 g/mol. The Hall–Kier alpha value is -2.57. The number of nitrogens with two attached hydrogens (primary N) is 1. The molecule has 0 radical (unpaired) electrons. The van der Waals surface area contributed by atoms with Crippen molar-refractivity contribution >= 4 is 22.9 Å². The molecule has 0 saturated carbocycles. The molecule has 0 aliphatic heterocycles. The quantitative estimate of drug-likeness (QED) is 0.746. The minimum atomic E-state index is -0.573. The highest BCUT2D eigenvalue weighted by molar-refractivity contribution is 7.13. The average Bonchev–Trinajstić information content (AvgIpc) is 3.10. The van der Waals surface area contributed by atoms with Crippen LogP contribution in [0.15, 0.2) is 54.2 Å². The highest BCUT2D eigenvalue weighted by Crippen LogP contribution is 2.32. The number of carbonyl (C=O) groups excluding carboxylic acids is 1. The minimum absolute atomic E-state index is 0.101. The summed E-state index contributed by atoms with van der Waals surface area (Å²) in [6.07, 6.45) is 2.49. The maximum Gasteiger partial charge on any atom is 0.255 e. The number of halogens is 1. The van der Waals surface area contributed by atoms with Crippen molar-refractivity contribution in [3.63, 3.8) is 0 Å². The van der Waals surface area contributed by atoms with E-state index in [2.05, 4.69) is 10.3 Å². The summed E-state index contributed by atoms with van der Waals surface area (Å²) in [6.45, 7) is 1.90. The lowest BCUT2D eigenvalue weighted by Crippen LogP contribution is -2.14. The first kappa shape index (κ1) is 16.3. The number of amides is 1. The number of thiophene rings is 1. The molecule has 0 fully saturated rings. The van der Waals surface area contributed by atoms with Gasteiger partial charge in [-0.05, 0) is 47.7 Å². The summed E-state index contributed by atoms with van der Waals surface area (Å²) in [5, 5.41) is 4.54. The molecule has 1 atom stereocenters. The second-order valence-electron chi connectivity index (χ2n) is 5.38.